The third kappa shape index (κ3) is 2.80. The lowest BCUT2D eigenvalue weighted by Crippen LogP contribution is -2.44. The normalized spacial score (nSPS) is 20.0. The Labute approximate surface area is 83.9 Å². The van der Waals surface area contributed by atoms with Crippen molar-refractivity contribution in [3.63, 3.8) is 0 Å². The summed E-state index contributed by atoms with van der Waals surface area (Å²) in [6.45, 7) is 2.13. The van der Waals surface area contributed by atoms with Crippen LogP contribution >= 0.6 is 0 Å². The molecule has 80 valence electrons. The van der Waals surface area contributed by atoms with Crippen molar-refractivity contribution in [3.8, 4) is 0 Å². The molecule has 2 amide bonds. The Morgan fingerprint density at radius 2 is 1.93 bits per heavy atom. The second-order valence-corrected chi connectivity index (χ2v) is 3.69. The number of piperidine rings is 1. The number of aliphatic hydroxyl groups excluding tert-OH is 1. The van der Waals surface area contributed by atoms with Crippen LogP contribution in [0.15, 0.2) is 0 Å². The molecule has 0 bridgehead atoms. The van der Waals surface area contributed by atoms with Crippen LogP contribution in [-0.2, 0) is 9.59 Å². The van der Waals surface area contributed by atoms with Gasteiger partial charge in [-0.25, -0.2) is 0 Å². The van der Waals surface area contributed by atoms with Crippen LogP contribution in [0.2, 0.25) is 0 Å². The summed E-state index contributed by atoms with van der Waals surface area (Å²) in [5.74, 6) is -0.284. The van der Waals surface area contributed by atoms with E-state index in [0.29, 0.717) is 25.7 Å². The number of nitrogens with zero attached hydrogens (tertiary/aromatic N) is 1. The molecule has 1 aliphatic rings. The van der Waals surface area contributed by atoms with Crippen molar-refractivity contribution in [2.75, 3.05) is 6.54 Å². The predicted molar refractivity (Wildman–Crippen MR) is 51.5 cm³/mol. The van der Waals surface area contributed by atoms with Gasteiger partial charge in [-0.15, -0.1) is 0 Å². The number of hydrogen-bond acceptors (Lipinski definition) is 3. The molecule has 4 heteroatoms. The average molecular weight is 199 g/mol. The van der Waals surface area contributed by atoms with Crippen LogP contribution < -0.4 is 0 Å². The summed E-state index contributed by atoms with van der Waals surface area (Å²) in [5.41, 5.74) is 0. The Kier molecular flexibility index (Phi) is 4.07. The molecule has 0 aromatic rings. The van der Waals surface area contributed by atoms with E-state index in [2.05, 4.69) is 0 Å². The Morgan fingerprint density at radius 1 is 1.36 bits per heavy atom. The first-order valence-electron chi connectivity index (χ1n) is 5.16. The lowest BCUT2D eigenvalue weighted by molar-refractivity contribution is -0.149. The van der Waals surface area contributed by atoms with E-state index in [0.717, 1.165) is 6.42 Å². The summed E-state index contributed by atoms with van der Waals surface area (Å²) in [5, 5.41) is 9.49. The third-order valence-corrected chi connectivity index (χ3v) is 2.40. The maximum Gasteiger partial charge on any atom is 0.229 e. The molecule has 1 fully saturated rings. The van der Waals surface area contributed by atoms with Crippen LogP contribution in [0.1, 0.15) is 39.0 Å². The molecule has 0 saturated carbocycles. The van der Waals surface area contributed by atoms with Gasteiger partial charge < -0.3 is 5.11 Å². The van der Waals surface area contributed by atoms with Gasteiger partial charge >= 0.3 is 0 Å². The number of imide groups is 1. The van der Waals surface area contributed by atoms with Crippen molar-refractivity contribution in [1.29, 1.82) is 0 Å². The molecule has 14 heavy (non-hydrogen) atoms. The molecular weight excluding hydrogens is 182 g/mol. The number of hydrogen-bond donors (Lipinski definition) is 1. The van der Waals surface area contributed by atoms with Gasteiger partial charge in [-0.05, 0) is 12.8 Å². The Morgan fingerprint density at radius 3 is 2.43 bits per heavy atom. The molecule has 1 aliphatic heterocycles. The van der Waals surface area contributed by atoms with E-state index < -0.39 is 6.10 Å². The lowest BCUT2D eigenvalue weighted by Gasteiger charge is -2.26. The first-order chi connectivity index (χ1) is 6.65. The number of rotatable bonds is 4. The lowest BCUT2D eigenvalue weighted by atomic mass is 10.1. The minimum atomic E-state index is -0.564. The minimum absolute atomic E-state index is 0.142. The smallest absolute Gasteiger partial charge is 0.229 e. The zero-order chi connectivity index (χ0) is 10.6. The largest absolute Gasteiger partial charge is 0.391 e. The number of carbonyl (C=O) groups excluding carboxylic acids is 2. The van der Waals surface area contributed by atoms with E-state index in [1.807, 2.05) is 6.92 Å². The molecule has 1 unspecified atom stereocenters. The fraction of sp³-hybridized carbons (Fsp3) is 0.800. The van der Waals surface area contributed by atoms with Gasteiger partial charge in [0.15, 0.2) is 0 Å². The molecule has 4 nitrogen and oxygen atoms in total. The highest BCUT2D eigenvalue weighted by Crippen LogP contribution is 2.13. The second kappa shape index (κ2) is 5.10. The zero-order valence-electron chi connectivity index (χ0n) is 8.53. The van der Waals surface area contributed by atoms with E-state index >= 15 is 0 Å². The molecule has 0 spiro atoms. The summed E-state index contributed by atoms with van der Waals surface area (Å²) in [4.78, 5) is 23.9. The number of carbonyl (C=O) groups is 2. The summed E-state index contributed by atoms with van der Waals surface area (Å²) in [6.07, 6.45) is 2.45. The van der Waals surface area contributed by atoms with E-state index in [1.54, 1.807) is 0 Å². The highest BCUT2D eigenvalue weighted by molar-refractivity contribution is 5.97. The van der Waals surface area contributed by atoms with Crippen LogP contribution in [-0.4, -0.2) is 34.5 Å². The summed E-state index contributed by atoms with van der Waals surface area (Å²) >= 11 is 0. The van der Waals surface area contributed by atoms with E-state index in [9.17, 15) is 14.7 Å². The molecule has 0 radical (unpaired) electrons. The maximum atomic E-state index is 11.3. The molecule has 1 rings (SSSR count). The van der Waals surface area contributed by atoms with E-state index in [1.165, 1.54) is 4.90 Å². The standard InChI is InChI=1S/C10H17NO3/c1-2-4-8(12)7-11-9(13)5-3-6-10(11)14/h8,12H,2-7H2,1H3. The third-order valence-electron chi connectivity index (χ3n) is 2.40. The highest BCUT2D eigenvalue weighted by atomic mass is 16.3. The molecule has 0 aliphatic carbocycles. The van der Waals surface area contributed by atoms with Crippen molar-refractivity contribution in [3.05, 3.63) is 0 Å². The van der Waals surface area contributed by atoms with Gasteiger partial charge in [0.25, 0.3) is 0 Å². The number of likely N-dealkylation sites (tertiary alicyclic amines) is 1. The van der Waals surface area contributed by atoms with Gasteiger partial charge in [0.1, 0.15) is 0 Å². The highest BCUT2D eigenvalue weighted by Gasteiger charge is 2.27. The minimum Gasteiger partial charge on any atom is -0.391 e. The van der Waals surface area contributed by atoms with E-state index in [-0.39, 0.29) is 18.4 Å². The van der Waals surface area contributed by atoms with Gasteiger partial charge in [-0.2, -0.15) is 0 Å². The predicted octanol–water partition coefficient (Wildman–Crippen LogP) is 0.687. The monoisotopic (exact) mass is 199 g/mol. The molecular formula is C10H17NO3. The topological polar surface area (TPSA) is 57.6 Å². The van der Waals surface area contributed by atoms with Crippen molar-refractivity contribution >= 4 is 11.8 Å². The summed E-state index contributed by atoms with van der Waals surface area (Å²) < 4.78 is 0. The number of amides is 2. The number of aliphatic hydroxyl groups is 1. The van der Waals surface area contributed by atoms with Crippen LogP contribution in [0.4, 0.5) is 0 Å². The first kappa shape index (κ1) is 11.2. The number of β-amino-alcohol motifs (C(OH)–C–C–N with tert-alkyl or cyclic N) is 1. The maximum absolute atomic E-state index is 11.3. The Hall–Kier alpha value is -0.900. The van der Waals surface area contributed by atoms with Crippen molar-refractivity contribution in [2.24, 2.45) is 0 Å². The molecule has 0 aromatic heterocycles. The van der Waals surface area contributed by atoms with Gasteiger partial charge in [0.2, 0.25) is 11.8 Å². The van der Waals surface area contributed by atoms with Crippen molar-refractivity contribution in [2.45, 2.75) is 45.1 Å². The van der Waals surface area contributed by atoms with Crippen molar-refractivity contribution in [1.82, 2.24) is 4.90 Å². The molecule has 1 N–H and O–H groups in total. The fourth-order valence-corrected chi connectivity index (χ4v) is 1.64. The first-order valence-corrected chi connectivity index (χ1v) is 5.16. The van der Waals surface area contributed by atoms with Crippen LogP contribution in [0.3, 0.4) is 0 Å². The van der Waals surface area contributed by atoms with Gasteiger partial charge in [0, 0.05) is 12.8 Å². The Bertz CT molecular complexity index is 211. The quantitative estimate of drug-likeness (QED) is 0.677. The fourth-order valence-electron chi connectivity index (χ4n) is 1.64. The van der Waals surface area contributed by atoms with Crippen LogP contribution in [0.25, 0.3) is 0 Å². The van der Waals surface area contributed by atoms with Gasteiger partial charge in [0.05, 0.1) is 12.6 Å². The summed E-state index contributed by atoms with van der Waals surface area (Å²) in [7, 11) is 0. The van der Waals surface area contributed by atoms with Gasteiger partial charge in [-0.3, -0.25) is 14.5 Å². The SMILES string of the molecule is CCCC(O)CN1C(=O)CCCC1=O. The summed E-state index contributed by atoms with van der Waals surface area (Å²) in [6, 6.07) is 0. The molecule has 1 saturated heterocycles. The van der Waals surface area contributed by atoms with E-state index in [4.69, 9.17) is 0 Å². The van der Waals surface area contributed by atoms with Gasteiger partial charge in [-0.1, -0.05) is 13.3 Å². The zero-order valence-corrected chi connectivity index (χ0v) is 8.53. The molecule has 0 aromatic carbocycles. The second-order valence-electron chi connectivity index (χ2n) is 3.69. The molecule has 1 heterocycles. The van der Waals surface area contributed by atoms with Crippen molar-refractivity contribution < 1.29 is 14.7 Å². The molecule has 1 atom stereocenters. The van der Waals surface area contributed by atoms with Crippen LogP contribution in [0, 0.1) is 0 Å². The average Bonchev–Trinajstić information content (AvgIpc) is 2.12. The van der Waals surface area contributed by atoms with Crippen LogP contribution in [0.5, 0.6) is 0 Å². The Balaban J connectivity index is 2.47.